The van der Waals surface area contributed by atoms with Gasteiger partial charge in [-0.15, -0.1) is 0 Å². The Hall–Kier alpha value is -1.69. The van der Waals surface area contributed by atoms with Crippen LogP contribution >= 0.6 is 0 Å². The van der Waals surface area contributed by atoms with Crippen molar-refractivity contribution in [3.63, 3.8) is 0 Å². The minimum absolute atomic E-state index is 0.224. The lowest BCUT2D eigenvalue weighted by atomic mass is 9.93. The Balaban J connectivity index is 1.33. The highest BCUT2D eigenvalue weighted by molar-refractivity contribution is 5.79. The molecule has 6 heteroatoms. The lowest BCUT2D eigenvalue weighted by Crippen LogP contribution is -2.51. The first-order chi connectivity index (χ1) is 13.1. The molecule has 0 N–H and O–H groups in total. The molecule has 4 rings (SSSR count). The monoisotopic (exact) mass is 371 g/mol. The Morgan fingerprint density at radius 2 is 1.70 bits per heavy atom. The van der Waals surface area contributed by atoms with E-state index in [1.54, 1.807) is 6.33 Å². The quantitative estimate of drug-likeness (QED) is 0.817. The van der Waals surface area contributed by atoms with Gasteiger partial charge in [-0.25, -0.2) is 9.97 Å². The normalized spacial score (nSPS) is 25.2. The highest BCUT2D eigenvalue weighted by atomic mass is 16.2. The molecule has 1 aromatic rings. The molecule has 1 atom stereocenters. The van der Waals surface area contributed by atoms with E-state index >= 15 is 0 Å². The van der Waals surface area contributed by atoms with Crippen molar-refractivity contribution in [2.24, 2.45) is 5.92 Å². The molecule has 3 aliphatic rings. The summed E-state index contributed by atoms with van der Waals surface area (Å²) in [4.78, 5) is 28.8. The molecule has 148 valence electrons. The molecule has 0 aliphatic carbocycles. The van der Waals surface area contributed by atoms with E-state index in [9.17, 15) is 4.79 Å². The largest absolute Gasteiger partial charge is 0.356 e. The molecule has 3 aliphatic heterocycles. The van der Waals surface area contributed by atoms with Gasteiger partial charge in [0.25, 0.3) is 0 Å². The number of carbonyl (C=O) groups excluding carboxylic acids is 1. The van der Waals surface area contributed by atoms with Crippen LogP contribution in [-0.4, -0.2) is 71.0 Å². The number of hydrogen-bond donors (Lipinski definition) is 0. The van der Waals surface area contributed by atoms with Gasteiger partial charge in [-0.05, 0) is 58.9 Å². The fourth-order valence-corrected chi connectivity index (χ4v) is 5.02. The number of nitrogens with zero attached hydrogens (tertiary/aromatic N) is 5. The van der Waals surface area contributed by atoms with Crippen LogP contribution in [0.5, 0.6) is 0 Å². The van der Waals surface area contributed by atoms with E-state index < -0.39 is 0 Å². The number of piperidine rings is 2. The molecule has 0 spiro atoms. The van der Waals surface area contributed by atoms with Gasteiger partial charge in [-0.3, -0.25) is 9.69 Å². The third-order valence-electron chi connectivity index (χ3n) is 6.81. The lowest BCUT2D eigenvalue weighted by molar-refractivity contribution is -0.136. The van der Waals surface area contributed by atoms with Crippen LogP contribution in [0.1, 0.15) is 49.8 Å². The van der Waals surface area contributed by atoms with E-state index in [4.69, 9.17) is 0 Å². The second-order valence-corrected chi connectivity index (χ2v) is 8.49. The molecule has 4 heterocycles. The molecule has 3 fully saturated rings. The molecule has 0 radical (unpaired) electrons. The minimum Gasteiger partial charge on any atom is -0.356 e. The fraction of sp³-hybridized carbons (Fsp3) is 0.762. The number of rotatable bonds is 3. The van der Waals surface area contributed by atoms with E-state index in [2.05, 4.69) is 38.5 Å². The first-order valence-electron chi connectivity index (χ1n) is 10.7. The summed E-state index contributed by atoms with van der Waals surface area (Å²) in [7, 11) is 0. The molecule has 0 bridgehead atoms. The third-order valence-corrected chi connectivity index (χ3v) is 6.81. The van der Waals surface area contributed by atoms with E-state index in [0.717, 1.165) is 76.5 Å². The van der Waals surface area contributed by atoms with Gasteiger partial charge in [0, 0.05) is 50.0 Å². The average molecular weight is 372 g/mol. The van der Waals surface area contributed by atoms with Crippen molar-refractivity contribution in [1.29, 1.82) is 0 Å². The van der Waals surface area contributed by atoms with Gasteiger partial charge in [-0.2, -0.15) is 0 Å². The van der Waals surface area contributed by atoms with Crippen LogP contribution in [0, 0.1) is 19.8 Å². The van der Waals surface area contributed by atoms with E-state index in [1.807, 2.05) is 0 Å². The second-order valence-electron chi connectivity index (χ2n) is 8.49. The van der Waals surface area contributed by atoms with Crippen molar-refractivity contribution in [3.05, 3.63) is 17.6 Å². The van der Waals surface area contributed by atoms with Crippen LogP contribution in [-0.2, 0) is 4.79 Å². The minimum atomic E-state index is 0.224. The van der Waals surface area contributed by atoms with Crippen LogP contribution in [0.3, 0.4) is 0 Å². The molecule has 0 aromatic carbocycles. The maximum absolute atomic E-state index is 12.8. The van der Waals surface area contributed by atoms with Crippen LogP contribution in [0.25, 0.3) is 0 Å². The zero-order valence-corrected chi connectivity index (χ0v) is 16.9. The maximum atomic E-state index is 12.8. The summed E-state index contributed by atoms with van der Waals surface area (Å²) in [5.74, 6) is 1.74. The smallest absolute Gasteiger partial charge is 0.226 e. The second kappa shape index (κ2) is 8.13. The number of aryl methyl sites for hydroxylation is 1. The van der Waals surface area contributed by atoms with Gasteiger partial charge < -0.3 is 9.80 Å². The van der Waals surface area contributed by atoms with E-state index in [1.165, 1.54) is 18.4 Å². The SMILES string of the molecule is Cc1ncnc(N2CCC(N3CCC[C@H](C(=O)N4CCCC4)C3)CC2)c1C. The predicted octanol–water partition coefficient (Wildman–Crippen LogP) is 2.40. The fourth-order valence-electron chi connectivity index (χ4n) is 5.02. The zero-order chi connectivity index (χ0) is 18.8. The first-order valence-corrected chi connectivity index (χ1v) is 10.7. The Bertz CT molecular complexity index is 665. The molecular weight excluding hydrogens is 338 g/mol. The summed E-state index contributed by atoms with van der Waals surface area (Å²) in [6.07, 6.45) is 8.60. The van der Waals surface area contributed by atoms with Gasteiger partial charge in [0.15, 0.2) is 0 Å². The van der Waals surface area contributed by atoms with Crippen LogP contribution in [0.4, 0.5) is 5.82 Å². The number of carbonyl (C=O) groups is 1. The van der Waals surface area contributed by atoms with Crippen molar-refractivity contribution >= 4 is 11.7 Å². The molecule has 27 heavy (non-hydrogen) atoms. The Kier molecular flexibility index (Phi) is 5.62. The third kappa shape index (κ3) is 3.96. The molecular formula is C21H33N5O. The maximum Gasteiger partial charge on any atom is 0.226 e. The molecule has 1 aromatic heterocycles. The summed E-state index contributed by atoms with van der Waals surface area (Å²) in [5, 5.41) is 0. The summed E-state index contributed by atoms with van der Waals surface area (Å²) >= 11 is 0. The lowest BCUT2D eigenvalue weighted by Gasteiger charge is -2.43. The highest BCUT2D eigenvalue weighted by Crippen LogP contribution is 2.28. The number of aromatic nitrogens is 2. The summed E-state index contributed by atoms with van der Waals surface area (Å²) in [5.41, 5.74) is 2.27. The van der Waals surface area contributed by atoms with Gasteiger partial charge >= 0.3 is 0 Å². The Morgan fingerprint density at radius 3 is 2.44 bits per heavy atom. The van der Waals surface area contributed by atoms with Crippen LogP contribution in [0.15, 0.2) is 6.33 Å². The van der Waals surface area contributed by atoms with Crippen molar-refractivity contribution < 1.29 is 4.79 Å². The molecule has 6 nitrogen and oxygen atoms in total. The number of anilines is 1. The van der Waals surface area contributed by atoms with Gasteiger partial charge in [0.1, 0.15) is 12.1 Å². The Morgan fingerprint density at radius 1 is 0.963 bits per heavy atom. The molecule has 3 saturated heterocycles. The predicted molar refractivity (Wildman–Crippen MR) is 107 cm³/mol. The van der Waals surface area contributed by atoms with E-state index in [0.29, 0.717) is 11.9 Å². The van der Waals surface area contributed by atoms with Gasteiger partial charge in [-0.1, -0.05) is 0 Å². The van der Waals surface area contributed by atoms with Gasteiger partial charge in [0.05, 0.1) is 5.92 Å². The van der Waals surface area contributed by atoms with Crippen molar-refractivity contribution in [2.75, 3.05) is 44.2 Å². The number of amides is 1. The topological polar surface area (TPSA) is 52.6 Å². The molecule has 1 amide bonds. The van der Waals surface area contributed by atoms with Crippen molar-refractivity contribution in [1.82, 2.24) is 19.8 Å². The van der Waals surface area contributed by atoms with Gasteiger partial charge in [0.2, 0.25) is 5.91 Å². The summed E-state index contributed by atoms with van der Waals surface area (Å²) in [6.45, 7) is 10.3. The van der Waals surface area contributed by atoms with Crippen LogP contribution < -0.4 is 4.90 Å². The molecule has 0 saturated carbocycles. The summed E-state index contributed by atoms with van der Waals surface area (Å²) < 4.78 is 0. The zero-order valence-electron chi connectivity index (χ0n) is 16.9. The van der Waals surface area contributed by atoms with Crippen LogP contribution in [0.2, 0.25) is 0 Å². The first kappa shape index (κ1) is 18.7. The summed E-state index contributed by atoms with van der Waals surface area (Å²) in [6, 6.07) is 0.610. The molecule has 0 unspecified atom stereocenters. The van der Waals surface area contributed by atoms with Crippen molar-refractivity contribution in [3.8, 4) is 0 Å². The standard InChI is InChI=1S/C21H33N5O/c1-16-17(2)22-15-23-20(16)24-12-7-19(8-13-24)26-11-5-6-18(14-26)21(27)25-9-3-4-10-25/h15,18-19H,3-14H2,1-2H3/t18-/m0/s1. The number of hydrogen-bond acceptors (Lipinski definition) is 5. The van der Waals surface area contributed by atoms with Crippen molar-refractivity contribution in [2.45, 2.75) is 58.4 Å². The highest BCUT2D eigenvalue weighted by Gasteiger charge is 2.34. The number of likely N-dealkylation sites (tertiary alicyclic amines) is 2. The Labute approximate surface area is 162 Å². The average Bonchev–Trinajstić information content (AvgIpc) is 3.25. The van der Waals surface area contributed by atoms with E-state index in [-0.39, 0.29) is 5.92 Å².